The predicted molar refractivity (Wildman–Crippen MR) is 114 cm³/mol. The molecule has 1 N–H and O–H groups in total. The topological polar surface area (TPSA) is 53.0 Å². The van der Waals surface area contributed by atoms with Crippen LogP contribution in [0.3, 0.4) is 0 Å². The van der Waals surface area contributed by atoms with Crippen molar-refractivity contribution in [1.82, 2.24) is 9.80 Å². The van der Waals surface area contributed by atoms with Crippen LogP contribution >= 0.6 is 0 Å². The number of ether oxygens (including phenoxy) is 1. The molecule has 0 spiro atoms. The minimum atomic E-state index is -1.36. The lowest BCUT2D eigenvalue weighted by Crippen LogP contribution is -2.52. The van der Waals surface area contributed by atoms with Crippen molar-refractivity contribution >= 4 is 6.09 Å². The SMILES string of the molecule is CC(C)N1CC(C(O)(c2ccccc2)c2ccccc2)N(C(=O)OC(C)(C)C)C1. The van der Waals surface area contributed by atoms with Gasteiger partial charge in [0, 0.05) is 12.6 Å². The van der Waals surface area contributed by atoms with Crippen LogP contribution in [0.1, 0.15) is 45.7 Å². The maximum absolute atomic E-state index is 13.1. The molecule has 3 rings (SSSR count). The highest BCUT2D eigenvalue weighted by Gasteiger charge is 2.50. The Balaban J connectivity index is 2.10. The summed E-state index contributed by atoms with van der Waals surface area (Å²) >= 11 is 0. The van der Waals surface area contributed by atoms with Crippen LogP contribution < -0.4 is 0 Å². The molecule has 1 saturated heterocycles. The molecule has 5 heteroatoms. The van der Waals surface area contributed by atoms with Crippen LogP contribution in [0.15, 0.2) is 60.7 Å². The van der Waals surface area contributed by atoms with E-state index in [-0.39, 0.29) is 6.04 Å². The average Bonchev–Trinajstić information content (AvgIpc) is 3.14. The Bertz CT molecular complexity index is 776. The molecular weight excluding hydrogens is 364 g/mol. The summed E-state index contributed by atoms with van der Waals surface area (Å²) in [5, 5.41) is 12.2. The van der Waals surface area contributed by atoms with Crippen molar-refractivity contribution < 1.29 is 14.6 Å². The smallest absolute Gasteiger partial charge is 0.411 e. The van der Waals surface area contributed by atoms with Gasteiger partial charge in [-0.1, -0.05) is 60.7 Å². The summed E-state index contributed by atoms with van der Waals surface area (Å²) in [6.07, 6.45) is -0.407. The first kappa shape index (κ1) is 21.3. The molecule has 1 aliphatic heterocycles. The van der Waals surface area contributed by atoms with Gasteiger partial charge < -0.3 is 9.84 Å². The Morgan fingerprint density at radius 1 is 1.00 bits per heavy atom. The highest BCUT2D eigenvalue weighted by Crippen LogP contribution is 2.39. The van der Waals surface area contributed by atoms with Crippen molar-refractivity contribution in [3.63, 3.8) is 0 Å². The van der Waals surface area contributed by atoms with E-state index in [1.54, 1.807) is 4.90 Å². The van der Waals surface area contributed by atoms with Gasteiger partial charge in [-0.05, 0) is 45.7 Å². The zero-order valence-electron chi connectivity index (χ0n) is 18.0. The normalized spacial score (nSPS) is 18.3. The number of carbonyl (C=O) groups excluding carboxylic acids is 1. The van der Waals surface area contributed by atoms with E-state index in [1.807, 2.05) is 81.4 Å². The third kappa shape index (κ3) is 4.46. The molecular formula is C24H32N2O3. The number of carbonyl (C=O) groups is 1. The van der Waals surface area contributed by atoms with Gasteiger partial charge in [-0.3, -0.25) is 9.80 Å². The molecule has 1 heterocycles. The number of hydrogen-bond acceptors (Lipinski definition) is 4. The molecule has 0 saturated carbocycles. The summed E-state index contributed by atoms with van der Waals surface area (Å²) in [6.45, 7) is 10.7. The lowest BCUT2D eigenvalue weighted by atomic mass is 9.79. The second kappa shape index (κ2) is 8.17. The maximum atomic E-state index is 13.1. The number of nitrogens with zero attached hydrogens (tertiary/aromatic N) is 2. The van der Waals surface area contributed by atoms with E-state index in [0.29, 0.717) is 13.2 Å². The van der Waals surface area contributed by atoms with Crippen LogP contribution in [0.5, 0.6) is 0 Å². The Hall–Kier alpha value is -2.37. The van der Waals surface area contributed by atoms with E-state index in [4.69, 9.17) is 4.74 Å². The molecule has 1 fully saturated rings. The van der Waals surface area contributed by atoms with Gasteiger partial charge in [0.05, 0.1) is 12.7 Å². The number of rotatable bonds is 4. The lowest BCUT2D eigenvalue weighted by molar-refractivity contribution is -0.0219. The molecule has 156 valence electrons. The van der Waals surface area contributed by atoms with Crippen molar-refractivity contribution in [2.75, 3.05) is 13.2 Å². The minimum absolute atomic E-state index is 0.237. The van der Waals surface area contributed by atoms with E-state index in [2.05, 4.69) is 18.7 Å². The second-order valence-corrected chi connectivity index (χ2v) is 8.97. The second-order valence-electron chi connectivity index (χ2n) is 8.97. The Kier molecular flexibility index (Phi) is 6.01. The van der Waals surface area contributed by atoms with Gasteiger partial charge in [-0.2, -0.15) is 0 Å². The number of aliphatic hydroxyl groups is 1. The highest BCUT2D eigenvalue weighted by molar-refractivity contribution is 5.69. The zero-order valence-corrected chi connectivity index (χ0v) is 18.0. The van der Waals surface area contributed by atoms with E-state index < -0.39 is 23.3 Å². The summed E-state index contributed by atoms with van der Waals surface area (Å²) in [5.41, 5.74) is -0.446. The van der Waals surface area contributed by atoms with E-state index in [1.165, 1.54) is 0 Å². The van der Waals surface area contributed by atoms with E-state index >= 15 is 0 Å². The number of hydrogen-bond donors (Lipinski definition) is 1. The Morgan fingerprint density at radius 3 is 1.90 bits per heavy atom. The van der Waals surface area contributed by atoms with E-state index in [0.717, 1.165) is 11.1 Å². The van der Waals surface area contributed by atoms with Gasteiger partial charge in [-0.25, -0.2) is 4.79 Å². The van der Waals surface area contributed by atoms with Crippen molar-refractivity contribution in [2.45, 2.75) is 57.9 Å². The molecule has 1 atom stereocenters. The molecule has 2 aromatic rings. The van der Waals surface area contributed by atoms with Crippen LogP contribution in [-0.2, 0) is 10.3 Å². The first-order chi connectivity index (χ1) is 13.6. The molecule has 1 unspecified atom stereocenters. The summed E-state index contributed by atoms with van der Waals surface area (Å²) < 4.78 is 5.70. The molecule has 0 aromatic heterocycles. The lowest BCUT2D eigenvalue weighted by Gasteiger charge is -2.39. The first-order valence-electron chi connectivity index (χ1n) is 10.2. The van der Waals surface area contributed by atoms with Gasteiger partial charge >= 0.3 is 6.09 Å². The van der Waals surface area contributed by atoms with Crippen LogP contribution in [0, 0.1) is 0 Å². The van der Waals surface area contributed by atoms with Crippen molar-refractivity contribution in [2.24, 2.45) is 0 Å². The molecule has 1 aliphatic rings. The van der Waals surface area contributed by atoms with E-state index in [9.17, 15) is 9.90 Å². The third-order valence-electron chi connectivity index (χ3n) is 5.39. The van der Waals surface area contributed by atoms with Crippen LogP contribution in [0.4, 0.5) is 4.79 Å². The molecule has 29 heavy (non-hydrogen) atoms. The van der Waals surface area contributed by atoms with Crippen LogP contribution in [-0.4, -0.2) is 51.9 Å². The Morgan fingerprint density at radius 2 is 1.48 bits per heavy atom. The molecule has 5 nitrogen and oxygen atoms in total. The third-order valence-corrected chi connectivity index (χ3v) is 5.39. The predicted octanol–water partition coefficient (Wildman–Crippen LogP) is 4.21. The quantitative estimate of drug-likeness (QED) is 0.841. The van der Waals surface area contributed by atoms with Crippen molar-refractivity contribution in [1.29, 1.82) is 0 Å². The summed E-state index contributed by atoms with van der Waals surface area (Å²) in [7, 11) is 0. The molecule has 0 bridgehead atoms. The first-order valence-corrected chi connectivity index (χ1v) is 10.2. The molecule has 0 radical (unpaired) electrons. The van der Waals surface area contributed by atoms with Crippen molar-refractivity contribution in [3.05, 3.63) is 71.8 Å². The summed E-state index contributed by atoms with van der Waals surface area (Å²) in [6, 6.07) is 18.9. The molecule has 1 amide bonds. The number of benzene rings is 2. The van der Waals surface area contributed by atoms with Gasteiger partial charge in [0.1, 0.15) is 11.2 Å². The van der Waals surface area contributed by atoms with Crippen molar-refractivity contribution in [3.8, 4) is 0 Å². The Labute approximate surface area is 173 Å². The minimum Gasteiger partial charge on any atom is -0.444 e. The van der Waals surface area contributed by atoms with Crippen LogP contribution in [0.2, 0.25) is 0 Å². The average molecular weight is 397 g/mol. The van der Waals surface area contributed by atoms with Gasteiger partial charge in [0.25, 0.3) is 0 Å². The molecule has 0 aliphatic carbocycles. The fourth-order valence-electron chi connectivity index (χ4n) is 3.85. The maximum Gasteiger partial charge on any atom is 0.411 e. The summed E-state index contributed by atoms with van der Waals surface area (Å²) in [4.78, 5) is 17.0. The fourth-order valence-corrected chi connectivity index (χ4v) is 3.85. The monoisotopic (exact) mass is 396 g/mol. The standard InChI is InChI=1S/C24H32N2O3/c1-18(2)25-16-21(26(17-25)22(27)29-23(3,4)5)24(28,19-12-8-6-9-13-19)20-14-10-7-11-15-20/h6-15,18,21,28H,16-17H2,1-5H3. The fraction of sp³-hybridized carbons (Fsp3) is 0.458. The largest absolute Gasteiger partial charge is 0.444 e. The zero-order chi connectivity index (χ0) is 21.2. The van der Waals surface area contributed by atoms with Gasteiger partial charge in [0.2, 0.25) is 0 Å². The summed E-state index contributed by atoms with van der Waals surface area (Å²) in [5.74, 6) is 0. The van der Waals surface area contributed by atoms with Crippen LogP contribution in [0.25, 0.3) is 0 Å². The molecule has 2 aromatic carbocycles. The highest BCUT2D eigenvalue weighted by atomic mass is 16.6. The van der Waals surface area contributed by atoms with Gasteiger partial charge in [-0.15, -0.1) is 0 Å². The van der Waals surface area contributed by atoms with Gasteiger partial charge in [0.15, 0.2) is 0 Å². The number of amides is 1.